The highest BCUT2D eigenvalue weighted by Gasteiger charge is 2.70. The first-order valence-electron chi connectivity index (χ1n) is 15.4. The lowest BCUT2D eigenvalue weighted by molar-refractivity contribution is -0.174. The molecule has 2 aromatic rings. The largest absolute Gasteiger partial charge is 0.445 e. The summed E-state index contributed by atoms with van der Waals surface area (Å²) in [5, 5.41) is 12.0. The van der Waals surface area contributed by atoms with Crippen LogP contribution in [0.3, 0.4) is 0 Å². The van der Waals surface area contributed by atoms with E-state index in [-0.39, 0.29) is 34.1 Å². The number of thiazole rings is 1. The van der Waals surface area contributed by atoms with Gasteiger partial charge in [0.05, 0.1) is 28.7 Å². The van der Waals surface area contributed by atoms with Crippen LogP contribution in [0.25, 0.3) is 0 Å². The second-order valence-electron chi connectivity index (χ2n) is 13.2. The van der Waals surface area contributed by atoms with E-state index in [1.165, 1.54) is 40.8 Å². The number of aliphatic hydroxyl groups is 1. The summed E-state index contributed by atoms with van der Waals surface area (Å²) in [6.45, 7) is 8.00. The maximum Gasteiger partial charge on any atom is 0.351 e. The lowest BCUT2D eigenvalue weighted by Gasteiger charge is -2.60. The van der Waals surface area contributed by atoms with Crippen LogP contribution in [-0.4, -0.2) is 44.3 Å². The molecule has 10 heteroatoms. The number of thioether (sulfide) groups is 1. The number of ether oxygens (including phenoxy) is 1. The number of benzene rings is 1. The number of hydrogen-bond donors (Lipinski definition) is 2. The summed E-state index contributed by atoms with van der Waals surface area (Å²) in [5.41, 5.74) is 9.56. The fourth-order valence-corrected chi connectivity index (χ4v) is 10.6. The van der Waals surface area contributed by atoms with Crippen LogP contribution in [0.4, 0.5) is 10.1 Å². The number of aryl methyl sites for hydroxylation is 1. The molecule has 3 unspecified atom stereocenters. The van der Waals surface area contributed by atoms with E-state index >= 15 is 0 Å². The van der Waals surface area contributed by atoms with Gasteiger partial charge >= 0.3 is 5.97 Å². The molecule has 4 aliphatic rings. The number of allylic oxidation sites excluding steroid dienone is 3. The molecule has 6 rings (SSSR count). The van der Waals surface area contributed by atoms with Gasteiger partial charge in [-0.15, -0.1) is 11.3 Å². The number of carbonyl (C=O) groups excluding carboxylic acids is 2. The summed E-state index contributed by atoms with van der Waals surface area (Å²) < 4.78 is 19.9. The van der Waals surface area contributed by atoms with Gasteiger partial charge in [0.2, 0.25) is 5.12 Å². The van der Waals surface area contributed by atoms with Crippen LogP contribution < -0.4 is 5.73 Å². The highest BCUT2D eigenvalue weighted by molar-refractivity contribution is 8.13. The molecular formula is C34H40FN3O4S2. The number of hydrogen-bond acceptors (Lipinski definition) is 9. The van der Waals surface area contributed by atoms with Crippen molar-refractivity contribution in [2.75, 3.05) is 5.75 Å². The molecule has 0 amide bonds. The molecule has 1 heterocycles. The van der Waals surface area contributed by atoms with Crippen LogP contribution in [-0.2, 0) is 9.53 Å². The monoisotopic (exact) mass is 637 g/mol. The predicted molar refractivity (Wildman–Crippen MR) is 172 cm³/mol. The first kappa shape index (κ1) is 31.2. The van der Waals surface area contributed by atoms with Crippen molar-refractivity contribution < 1.29 is 23.8 Å². The van der Waals surface area contributed by atoms with Crippen LogP contribution >= 0.6 is 23.1 Å². The number of rotatable bonds is 5. The molecule has 0 aliphatic heterocycles. The van der Waals surface area contributed by atoms with Crippen LogP contribution in [0.1, 0.15) is 74.7 Å². The summed E-state index contributed by atoms with van der Waals surface area (Å²) in [6, 6.07) is 6.10. The van der Waals surface area contributed by atoms with Crippen molar-refractivity contribution in [3.8, 4) is 0 Å². The van der Waals surface area contributed by atoms with E-state index in [0.29, 0.717) is 41.3 Å². The van der Waals surface area contributed by atoms with E-state index < -0.39 is 23.1 Å². The fraction of sp³-hybridized carbons (Fsp3) is 0.529. The smallest absolute Gasteiger partial charge is 0.351 e. The average Bonchev–Trinajstić information content (AvgIpc) is 3.54. The minimum absolute atomic E-state index is 0.0490. The van der Waals surface area contributed by atoms with Crippen LogP contribution in [0.15, 0.2) is 58.2 Å². The van der Waals surface area contributed by atoms with E-state index in [9.17, 15) is 19.1 Å². The Morgan fingerprint density at radius 1 is 1.27 bits per heavy atom. The zero-order chi connectivity index (χ0) is 31.4. The van der Waals surface area contributed by atoms with Gasteiger partial charge in [-0.05, 0) is 116 Å². The Balaban J connectivity index is 1.36. The number of aliphatic hydroxyl groups excluding tert-OH is 1. The summed E-state index contributed by atoms with van der Waals surface area (Å²) in [6.07, 6.45) is 6.91. The van der Waals surface area contributed by atoms with E-state index in [4.69, 9.17) is 15.5 Å². The molecule has 44 heavy (non-hydrogen) atoms. The van der Waals surface area contributed by atoms with E-state index in [1.807, 2.05) is 6.92 Å². The van der Waals surface area contributed by atoms with Gasteiger partial charge in [-0.1, -0.05) is 38.1 Å². The highest BCUT2D eigenvalue weighted by Crippen LogP contribution is 2.69. The van der Waals surface area contributed by atoms with Gasteiger partial charge in [-0.25, -0.2) is 19.2 Å². The Morgan fingerprint density at radius 2 is 2.02 bits per heavy atom. The molecular weight excluding hydrogens is 598 g/mol. The molecule has 0 bridgehead atoms. The molecule has 0 saturated heterocycles. The summed E-state index contributed by atoms with van der Waals surface area (Å²) in [5.74, 6) is -0.0419. The number of nitrogens with zero attached hydrogens (tertiary/aromatic N) is 2. The number of carbonyl (C=O) groups is 2. The maximum atomic E-state index is 14.0. The Morgan fingerprint density at radius 3 is 2.68 bits per heavy atom. The first-order chi connectivity index (χ1) is 21.0. The van der Waals surface area contributed by atoms with Crippen molar-refractivity contribution in [3.63, 3.8) is 0 Å². The molecule has 7 nitrogen and oxygen atoms in total. The van der Waals surface area contributed by atoms with Crippen molar-refractivity contribution in [1.82, 2.24) is 4.98 Å². The fourth-order valence-electron chi connectivity index (χ4n) is 9.07. The van der Waals surface area contributed by atoms with Crippen LogP contribution in [0.2, 0.25) is 0 Å². The van der Waals surface area contributed by atoms with Gasteiger partial charge in [0.15, 0.2) is 5.60 Å². The third-order valence-corrected chi connectivity index (χ3v) is 12.9. The van der Waals surface area contributed by atoms with Crippen molar-refractivity contribution >= 4 is 45.6 Å². The molecule has 1 aromatic carbocycles. The van der Waals surface area contributed by atoms with Gasteiger partial charge in [-0.3, -0.25) is 4.79 Å². The predicted octanol–water partition coefficient (Wildman–Crippen LogP) is 6.92. The average molecular weight is 638 g/mol. The van der Waals surface area contributed by atoms with Crippen molar-refractivity contribution in [2.45, 2.75) is 77.9 Å². The molecule has 3 fully saturated rings. The number of halogens is 1. The number of fused-ring (bicyclic) bond motifs is 5. The minimum atomic E-state index is -1.32. The Labute approximate surface area is 266 Å². The van der Waals surface area contributed by atoms with Gasteiger partial charge in [0.25, 0.3) is 0 Å². The van der Waals surface area contributed by atoms with Gasteiger partial charge in [0, 0.05) is 5.41 Å². The maximum absolute atomic E-state index is 14.0. The molecule has 4 aliphatic carbocycles. The Hall–Kier alpha value is -2.82. The quantitative estimate of drug-likeness (QED) is 0.342. The van der Waals surface area contributed by atoms with Gasteiger partial charge in [0.1, 0.15) is 10.7 Å². The molecule has 7 atom stereocenters. The SMILES string of the molecule is CCSC(=O)[C@@]1(OC(=O)c2scnc2C)CCC2[C@@H]3CCC4=CC(=Nc5ccc(F)cc5)C(=CN)C[C@]4(C)C3C(O)C[C@@]21C. The molecule has 234 valence electrons. The number of aromatic nitrogens is 1. The standard InChI is InChI=1S/C34H40FN3O4S2/c1-5-43-31(41)34(42-30(40)29-19(2)37-18-44-29)13-12-25-24-11-6-21-14-26(38-23-9-7-22(35)8-10-23)20(17-36)15-32(21,3)28(24)27(39)16-33(25,34)4/h7-10,14,17-18,24-25,27-28,39H,5-6,11-13,15-16,36H2,1-4H3/t24-,25?,27?,28?,32-,33-,34-/m0/s1. The summed E-state index contributed by atoms with van der Waals surface area (Å²) in [4.78, 5) is 37.0. The molecule has 0 radical (unpaired) electrons. The van der Waals surface area contributed by atoms with Crippen LogP contribution in [0, 0.1) is 41.3 Å². The Bertz CT molecular complexity index is 1570. The third kappa shape index (κ3) is 4.79. The third-order valence-electron chi connectivity index (χ3n) is 11.1. The number of nitrogens with two attached hydrogens (primary N) is 1. The van der Waals surface area contributed by atoms with Crippen LogP contribution in [0.5, 0.6) is 0 Å². The molecule has 1 aromatic heterocycles. The van der Waals surface area contributed by atoms with E-state index in [0.717, 1.165) is 30.5 Å². The lowest BCUT2D eigenvalue weighted by atomic mass is 9.45. The topological polar surface area (TPSA) is 115 Å². The summed E-state index contributed by atoms with van der Waals surface area (Å²) in [7, 11) is 0. The second kappa shape index (κ2) is 11.5. The number of esters is 1. The van der Waals surface area contributed by atoms with E-state index in [2.05, 4.69) is 24.9 Å². The number of aliphatic imine (C=N–C) groups is 1. The second-order valence-corrected chi connectivity index (χ2v) is 15.3. The van der Waals surface area contributed by atoms with Crippen molar-refractivity contribution in [3.05, 3.63) is 69.6 Å². The highest BCUT2D eigenvalue weighted by atomic mass is 32.2. The zero-order valence-electron chi connectivity index (χ0n) is 25.6. The molecule has 3 N–H and O–H groups in total. The van der Waals surface area contributed by atoms with Gasteiger partial charge < -0.3 is 15.6 Å². The van der Waals surface area contributed by atoms with E-state index in [1.54, 1.807) is 30.8 Å². The molecule has 0 spiro atoms. The summed E-state index contributed by atoms with van der Waals surface area (Å²) >= 11 is 2.43. The zero-order valence-corrected chi connectivity index (χ0v) is 27.3. The van der Waals surface area contributed by atoms with Crippen molar-refractivity contribution in [2.24, 2.45) is 39.3 Å². The lowest BCUT2D eigenvalue weighted by Crippen LogP contribution is -2.62. The Kier molecular flexibility index (Phi) is 8.16. The minimum Gasteiger partial charge on any atom is -0.445 e. The normalized spacial score (nSPS) is 36.4. The first-order valence-corrected chi connectivity index (χ1v) is 17.3. The van der Waals surface area contributed by atoms with Crippen molar-refractivity contribution in [1.29, 1.82) is 0 Å². The van der Waals surface area contributed by atoms with Gasteiger partial charge in [-0.2, -0.15) is 0 Å². The molecule has 3 saturated carbocycles.